The molecule has 1 aromatic heterocycles. The minimum atomic E-state index is -0.202. The van der Waals surface area contributed by atoms with E-state index in [-0.39, 0.29) is 5.63 Å². The largest absolute Gasteiger partial charge is 0.489 e. The van der Waals surface area contributed by atoms with Crippen LogP contribution in [0.15, 0.2) is 51.7 Å². The molecule has 1 heterocycles. The highest BCUT2D eigenvalue weighted by molar-refractivity contribution is 6.30. The fourth-order valence-corrected chi connectivity index (χ4v) is 3.39. The molecule has 0 radical (unpaired) electrons. The highest BCUT2D eigenvalue weighted by Crippen LogP contribution is 2.29. The number of halogens is 1. The van der Waals surface area contributed by atoms with Crippen LogP contribution >= 0.6 is 11.6 Å². The summed E-state index contributed by atoms with van der Waals surface area (Å²) in [7, 11) is 0. The van der Waals surface area contributed by atoms with Crippen LogP contribution in [0.2, 0.25) is 5.02 Å². The number of hydrogen-bond donors (Lipinski definition) is 0. The van der Waals surface area contributed by atoms with Gasteiger partial charge in [0.25, 0.3) is 0 Å². The number of aryl methyl sites for hydroxylation is 1. The molecule has 0 bridgehead atoms. The van der Waals surface area contributed by atoms with Gasteiger partial charge in [0.15, 0.2) is 0 Å². The predicted molar refractivity (Wildman–Crippen MR) is 94.9 cm³/mol. The predicted octanol–water partition coefficient (Wildman–Crippen LogP) is 4.90. The third-order valence-electron chi connectivity index (χ3n) is 4.51. The molecule has 1 aliphatic carbocycles. The van der Waals surface area contributed by atoms with Crippen LogP contribution < -0.4 is 10.4 Å². The molecule has 0 aliphatic heterocycles. The summed E-state index contributed by atoms with van der Waals surface area (Å²) in [6, 6.07) is 13.3. The molecule has 1 aliphatic rings. The van der Waals surface area contributed by atoms with Crippen LogP contribution in [0.3, 0.4) is 0 Å². The van der Waals surface area contributed by atoms with E-state index < -0.39 is 0 Å². The summed E-state index contributed by atoms with van der Waals surface area (Å²) in [6.07, 6.45) is 3.96. The second-order valence-electron chi connectivity index (χ2n) is 6.13. The molecule has 3 nitrogen and oxygen atoms in total. The average molecular weight is 341 g/mol. The maximum Gasteiger partial charge on any atom is 0.339 e. The van der Waals surface area contributed by atoms with Gasteiger partial charge in [-0.3, -0.25) is 0 Å². The molecule has 122 valence electrons. The smallest absolute Gasteiger partial charge is 0.339 e. The fourth-order valence-electron chi connectivity index (χ4n) is 3.26. The zero-order valence-corrected chi connectivity index (χ0v) is 13.9. The first-order valence-corrected chi connectivity index (χ1v) is 8.54. The highest BCUT2D eigenvalue weighted by Gasteiger charge is 2.18. The van der Waals surface area contributed by atoms with E-state index in [0.717, 1.165) is 47.8 Å². The van der Waals surface area contributed by atoms with Crippen molar-refractivity contribution < 1.29 is 9.15 Å². The molecule has 0 N–H and O–H groups in total. The van der Waals surface area contributed by atoms with Crippen molar-refractivity contribution in [3.63, 3.8) is 0 Å². The lowest BCUT2D eigenvalue weighted by molar-refractivity contribution is 0.306. The average Bonchev–Trinajstić information content (AvgIpc) is 2.61. The molecule has 24 heavy (non-hydrogen) atoms. The third-order valence-corrected chi connectivity index (χ3v) is 4.77. The van der Waals surface area contributed by atoms with Crippen molar-refractivity contribution in [2.24, 2.45) is 0 Å². The van der Waals surface area contributed by atoms with E-state index in [2.05, 4.69) is 0 Å². The van der Waals surface area contributed by atoms with E-state index in [1.807, 2.05) is 42.5 Å². The van der Waals surface area contributed by atoms with E-state index in [0.29, 0.717) is 23.0 Å². The normalized spacial score (nSPS) is 13.7. The second-order valence-corrected chi connectivity index (χ2v) is 6.56. The quantitative estimate of drug-likeness (QED) is 0.636. The lowest BCUT2D eigenvalue weighted by atomic mass is 9.91. The minimum Gasteiger partial charge on any atom is -0.489 e. The zero-order chi connectivity index (χ0) is 16.5. The van der Waals surface area contributed by atoms with Crippen LogP contribution in [0, 0.1) is 0 Å². The summed E-state index contributed by atoms with van der Waals surface area (Å²) in [4.78, 5) is 12.2. The van der Waals surface area contributed by atoms with Gasteiger partial charge in [0.2, 0.25) is 0 Å². The van der Waals surface area contributed by atoms with E-state index in [1.54, 1.807) is 0 Å². The van der Waals surface area contributed by atoms with Crippen LogP contribution in [0.4, 0.5) is 0 Å². The van der Waals surface area contributed by atoms with Crippen molar-refractivity contribution in [1.29, 1.82) is 0 Å². The summed E-state index contributed by atoms with van der Waals surface area (Å²) in [5.41, 5.74) is 3.44. The minimum absolute atomic E-state index is 0.202. The van der Waals surface area contributed by atoms with Crippen LogP contribution in [0.1, 0.15) is 29.5 Å². The van der Waals surface area contributed by atoms with E-state index >= 15 is 0 Å². The maximum atomic E-state index is 12.2. The molecule has 0 amide bonds. The molecule has 4 rings (SSSR count). The Morgan fingerprint density at radius 3 is 2.54 bits per heavy atom. The first-order chi connectivity index (χ1) is 11.7. The Hall–Kier alpha value is -2.26. The summed E-state index contributed by atoms with van der Waals surface area (Å²) in [6.45, 7) is 0.442. The van der Waals surface area contributed by atoms with Gasteiger partial charge in [-0.25, -0.2) is 4.79 Å². The molecule has 3 aromatic rings. The number of hydrogen-bond acceptors (Lipinski definition) is 3. The second kappa shape index (κ2) is 6.33. The van der Waals surface area contributed by atoms with Gasteiger partial charge >= 0.3 is 5.63 Å². The molecule has 2 aromatic carbocycles. The Labute approximate surface area is 144 Å². The molecule has 0 fully saturated rings. The highest BCUT2D eigenvalue weighted by atomic mass is 35.5. The van der Waals surface area contributed by atoms with Crippen molar-refractivity contribution in [2.45, 2.75) is 32.3 Å². The Bertz CT molecular complexity index is 941. The number of benzene rings is 2. The third kappa shape index (κ3) is 2.92. The van der Waals surface area contributed by atoms with Crippen molar-refractivity contribution in [2.75, 3.05) is 0 Å². The molecule has 0 spiro atoms. The van der Waals surface area contributed by atoms with Gasteiger partial charge in [-0.1, -0.05) is 23.7 Å². The Kier molecular flexibility index (Phi) is 4.03. The van der Waals surface area contributed by atoms with Gasteiger partial charge in [-0.05, 0) is 61.1 Å². The van der Waals surface area contributed by atoms with Crippen molar-refractivity contribution in [3.05, 3.63) is 74.6 Å². The Morgan fingerprint density at radius 1 is 1.00 bits per heavy atom. The lowest BCUT2D eigenvalue weighted by Crippen LogP contribution is -2.15. The molecule has 0 saturated heterocycles. The van der Waals surface area contributed by atoms with Crippen molar-refractivity contribution >= 4 is 22.6 Å². The number of fused-ring (bicyclic) bond motifs is 3. The SMILES string of the molecule is O=c1oc2cc(OCc3ccc(Cl)cc3)ccc2c2c1CCCC2. The first kappa shape index (κ1) is 15.3. The monoisotopic (exact) mass is 340 g/mol. The summed E-state index contributed by atoms with van der Waals surface area (Å²) < 4.78 is 11.3. The van der Waals surface area contributed by atoms with Crippen molar-refractivity contribution in [3.8, 4) is 5.75 Å². The molecule has 0 atom stereocenters. The first-order valence-electron chi connectivity index (χ1n) is 8.16. The summed E-state index contributed by atoms with van der Waals surface area (Å²) in [5.74, 6) is 0.691. The van der Waals surface area contributed by atoms with Crippen LogP contribution in [-0.4, -0.2) is 0 Å². The lowest BCUT2D eigenvalue weighted by Gasteiger charge is -2.16. The van der Waals surface area contributed by atoms with Crippen molar-refractivity contribution in [1.82, 2.24) is 0 Å². The standard InChI is InChI=1S/C20H17ClO3/c21-14-7-5-13(6-8-14)12-23-15-9-10-17-16-3-1-2-4-18(16)20(22)24-19(17)11-15/h5-11H,1-4,12H2. The molecular formula is C20H17ClO3. The van der Waals surface area contributed by atoms with E-state index in [1.165, 1.54) is 0 Å². The summed E-state index contributed by atoms with van der Waals surface area (Å²) >= 11 is 5.88. The number of rotatable bonds is 3. The maximum absolute atomic E-state index is 12.2. The van der Waals surface area contributed by atoms with Gasteiger partial charge in [-0.15, -0.1) is 0 Å². The Balaban J connectivity index is 1.63. The van der Waals surface area contributed by atoms with Gasteiger partial charge in [0.05, 0.1) is 0 Å². The van der Waals surface area contributed by atoms with Gasteiger partial charge in [0.1, 0.15) is 17.9 Å². The Morgan fingerprint density at radius 2 is 1.75 bits per heavy atom. The summed E-state index contributed by atoms with van der Waals surface area (Å²) in [5, 5.41) is 1.74. The van der Waals surface area contributed by atoms with Gasteiger partial charge in [0, 0.05) is 22.0 Å². The van der Waals surface area contributed by atoms with Crippen LogP contribution in [-0.2, 0) is 19.4 Å². The molecule has 4 heteroatoms. The van der Waals surface area contributed by atoms with Crippen LogP contribution in [0.25, 0.3) is 11.0 Å². The molecular weight excluding hydrogens is 324 g/mol. The topological polar surface area (TPSA) is 39.4 Å². The van der Waals surface area contributed by atoms with E-state index in [4.69, 9.17) is 20.8 Å². The fraction of sp³-hybridized carbons (Fsp3) is 0.250. The van der Waals surface area contributed by atoms with Crippen LogP contribution in [0.5, 0.6) is 5.75 Å². The molecule has 0 unspecified atom stereocenters. The van der Waals surface area contributed by atoms with Gasteiger partial charge < -0.3 is 9.15 Å². The molecule has 0 saturated carbocycles. The zero-order valence-electron chi connectivity index (χ0n) is 13.2. The van der Waals surface area contributed by atoms with E-state index in [9.17, 15) is 4.79 Å². The number of ether oxygens (including phenoxy) is 1. The van der Waals surface area contributed by atoms with Gasteiger partial charge in [-0.2, -0.15) is 0 Å².